The molecule has 196 valence electrons. The average Bonchev–Trinajstić information content (AvgIpc) is 3.21. The van der Waals surface area contributed by atoms with Crippen LogP contribution in [0.1, 0.15) is 45.6 Å². The number of amides is 2. The molecule has 0 radical (unpaired) electrons. The van der Waals surface area contributed by atoms with E-state index in [1.807, 2.05) is 4.90 Å². The maximum atomic E-state index is 13.2. The molecule has 1 saturated carbocycles. The summed E-state index contributed by atoms with van der Waals surface area (Å²) in [5.74, 6) is 1.70. The van der Waals surface area contributed by atoms with Gasteiger partial charge in [0.05, 0.1) is 11.6 Å². The fraction of sp³-hybridized carbons (Fsp3) is 0.481. The molecule has 1 saturated heterocycles. The molecule has 0 aromatic carbocycles. The van der Waals surface area contributed by atoms with Crippen LogP contribution in [0.25, 0.3) is 0 Å². The van der Waals surface area contributed by atoms with Gasteiger partial charge in [-0.1, -0.05) is 19.1 Å². The molecule has 0 bridgehead atoms. The normalized spacial score (nSPS) is 18.9. The Labute approximate surface area is 218 Å². The number of hydrogen-bond donors (Lipinski definition) is 0. The second-order valence-corrected chi connectivity index (χ2v) is 10.1. The molecule has 1 aromatic heterocycles. The summed E-state index contributed by atoms with van der Waals surface area (Å²) in [4.78, 5) is 44.3. The van der Waals surface area contributed by atoms with E-state index in [0.29, 0.717) is 42.7 Å². The standard InChI is InChI=1S/C25H31N7O3.C2H4/c1-6-17(13-26)12-18(27-5)32-15-25(8-7-9-25)20-21(28-16-29-22(20)32)31-11-10-30(14-19(31)33)23(34)35-24(2,3)4;1-2/h6,12,16H,1,7-11,14-15H2,2-5H3;1-2H2/b17-12+,27-18?;. The third-order valence-corrected chi connectivity index (χ3v) is 6.63. The molecule has 10 nitrogen and oxygen atoms in total. The number of carbonyl (C=O) groups excluding carboxylic acids is 2. The number of ether oxygens (including phenoxy) is 1. The minimum Gasteiger partial charge on any atom is -0.444 e. The van der Waals surface area contributed by atoms with Gasteiger partial charge in [-0.3, -0.25) is 19.6 Å². The smallest absolute Gasteiger partial charge is 0.410 e. The maximum absolute atomic E-state index is 13.2. The van der Waals surface area contributed by atoms with E-state index in [4.69, 9.17) is 4.74 Å². The lowest BCUT2D eigenvalue weighted by atomic mass is 9.66. The van der Waals surface area contributed by atoms with Gasteiger partial charge in [0, 0.05) is 37.7 Å². The van der Waals surface area contributed by atoms with Crippen molar-refractivity contribution in [2.75, 3.05) is 43.0 Å². The Balaban J connectivity index is 0.00000186. The topological polar surface area (TPSA) is 115 Å². The summed E-state index contributed by atoms with van der Waals surface area (Å²) in [7, 11) is 1.68. The molecule has 0 atom stereocenters. The van der Waals surface area contributed by atoms with Crippen molar-refractivity contribution in [1.29, 1.82) is 5.26 Å². The first kappa shape index (κ1) is 27.6. The number of nitrogens with zero attached hydrogens (tertiary/aromatic N) is 7. The molecule has 0 N–H and O–H groups in total. The minimum absolute atomic E-state index is 0.0698. The molecule has 1 aromatic rings. The Morgan fingerprint density at radius 1 is 1.24 bits per heavy atom. The van der Waals surface area contributed by atoms with Crippen molar-refractivity contribution in [3.63, 3.8) is 0 Å². The van der Waals surface area contributed by atoms with Gasteiger partial charge in [0.25, 0.3) is 0 Å². The van der Waals surface area contributed by atoms with Crippen LogP contribution in [-0.2, 0) is 14.9 Å². The van der Waals surface area contributed by atoms with E-state index in [1.165, 1.54) is 17.3 Å². The molecule has 3 aliphatic rings. The predicted octanol–water partition coefficient (Wildman–Crippen LogP) is 3.77. The molecule has 1 spiro atoms. The molecule has 1 aliphatic carbocycles. The molecule has 2 aliphatic heterocycles. The van der Waals surface area contributed by atoms with Gasteiger partial charge < -0.3 is 9.64 Å². The highest BCUT2D eigenvalue weighted by molar-refractivity contribution is 6.08. The summed E-state index contributed by atoms with van der Waals surface area (Å²) in [6.45, 7) is 16.4. The van der Waals surface area contributed by atoms with Gasteiger partial charge in [-0.15, -0.1) is 13.2 Å². The number of fused-ring (bicyclic) bond motifs is 2. The van der Waals surface area contributed by atoms with Crippen molar-refractivity contribution in [1.82, 2.24) is 14.9 Å². The highest BCUT2D eigenvalue weighted by Gasteiger charge is 2.52. The van der Waals surface area contributed by atoms with Crippen molar-refractivity contribution in [2.45, 2.75) is 51.0 Å². The fourth-order valence-corrected chi connectivity index (χ4v) is 4.83. The lowest BCUT2D eigenvalue weighted by molar-refractivity contribution is -0.121. The van der Waals surface area contributed by atoms with Crippen LogP contribution in [0.3, 0.4) is 0 Å². The number of anilines is 2. The van der Waals surface area contributed by atoms with Gasteiger partial charge in [0.15, 0.2) is 0 Å². The third-order valence-electron chi connectivity index (χ3n) is 6.63. The van der Waals surface area contributed by atoms with E-state index < -0.39 is 11.7 Å². The van der Waals surface area contributed by atoms with Crippen molar-refractivity contribution < 1.29 is 14.3 Å². The molecule has 2 amide bonds. The van der Waals surface area contributed by atoms with E-state index >= 15 is 0 Å². The van der Waals surface area contributed by atoms with Crippen LogP contribution in [0, 0.1) is 11.3 Å². The molecule has 4 rings (SSSR count). The zero-order valence-electron chi connectivity index (χ0n) is 22.2. The zero-order chi connectivity index (χ0) is 27.4. The number of aromatic nitrogens is 2. The fourth-order valence-electron chi connectivity index (χ4n) is 4.83. The lowest BCUT2D eigenvalue weighted by Crippen LogP contribution is -2.54. The van der Waals surface area contributed by atoms with Crippen LogP contribution in [0.4, 0.5) is 16.4 Å². The SMILES string of the molecule is C=C.C=C/C(C#N)=C\C(=NC)N1CC2(CCC2)c2c(N3CCN(C(=O)OC(C)(C)C)CC3=O)ncnc21. The maximum Gasteiger partial charge on any atom is 0.410 e. The number of amidine groups is 1. The van der Waals surface area contributed by atoms with Crippen LogP contribution < -0.4 is 9.80 Å². The third kappa shape index (κ3) is 5.40. The highest BCUT2D eigenvalue weighted by atomic mass is 16.6. The lowest BCUT2D eigenvalue weighted by Gasteiger charge is -2.41. The average molecular weight is 506 g/mol. The van der Waals surface area contributed by atoms with E-state index in [-0.39, 0.29) is 17.9 Å². The molecular weight excluding hydrogens is 470 g/mol. The molecule has 10 heteroatoms. The summed E-state index contributed by atoms with van der Waals surface area (Å²) < 4.78 is 5.44. The molecule has 3 heterocycles. The quantitative estimate of drug-likeness (QED) is 0.202. The number of carbonyl (C=O) groups is 2. The summed E-state index contributed by atoms with van der Waals surface area (Å²) in [5.41, 5.74) is 0.537. The summed E-state index contributed by atoms with van der Waals surface area (Å²) in [5, 5.41) is 9.37. The van der Waals surface area contributed by atoms with E-state index in [1.54, 1.807) is 38.8 Å². The van der Waals surface area contributed by atoms with E-state index in [2.05, 4.69) is 40.8 Å². The van der Waals surface area contributed by atoms with Gasteiger partial charge in [0.2, 0.25) is 5.91 Å². The van der Waals surface area contributed by atoms with Gasteiger partial charge in [-0.2, -0.15) is 5.26 Å². The van der Waals surface area contributed by atoms with Gasteiger partial charge in [-0.05, 0) is 39.7 Å². The van der Waals surface area contributed by atoms with Crippen LogP contribution in [0.5, 0.6) is 0 Å². The van der Waals surface area contributed by atoms with Crippen LogP contribution in [0.2, 0.25) is 0 Å². The highest BCUT2D eigenvalue weighted by Crippen LogP contribution is 2.54. The van der Waals surface area contributed by atoms with Crippen molar-refractivity contribution in [3.8, 4) is 6.07 Å². The number of nitriles is 1. The molecule has 0 unspecified atom stereocenters. The van der Waals surface area contributed by atoms with Crippen molar-refractivity contribution in [2.24, 2.45) is 4.99 Å². The van der Waals surface area contributed by atoms with Crippen molar-refractivity contribution in [3.05, 3.63) is 49.4 Å². The Bertz CT molecular complexity index is 1170. The van der Waals surface area contributed by atoms with E-state index in [9.17, 15) is 14.9 Å². The van der Waals surface area contributed by atoms with Crippen LogP contribution >= 0.6 is 0 Å². The van der Waals surface area contributed by atoms with Gasteiger partial charge in [-0.25, -0.2) is 14.8 Å². The number of aliphatic imine (C=N–C) groups is 1. The van der Waals surface area contributed by atoms with Gasteiger partial charge in [0.1, 0.15) is 35.9 Å². The first-order chi connectivity index (χ1) is 17.6. The second-order valence-electron chi connectivity index (χ2n) is 10.1. The zero-order valence-corrected chi connectivity index (χ0v) is 22.2. The van der Waals surface area contributed by atoms with E-state index in [0.717, 1.165) is 24.8 Å². The number of rotatable bonds is 3. The largest absolute Gasteiger partial charge is 0.444 e. The Kier molecular flexibility index (Phi) is 8.16. The molecular formula is C27H35N7O3. The van der Waals surface area contributed by atoms with Crippen LogP contribution in [0.15, 0.2) is 48.8 Å². The summed E-state index contributed by atoms with van der Waals surface area (Å²) >= 11 is 0. The number of piperazine rings is 1. The number of allylic oxidation sites excluding steroid dienone is 2. The Morgan fingerprint density at radius 2 is 1.92 bits per heavy atom. The minimum atomic E-state index is -0.630. The van der Waals surface area contributed by atoms with Crippen molar-refractivity contribution >= 4 is 29.5 Å². The monoisotopic (exact) mass is 505 g/mol. The van der Waals surface area contributed by atoms with Gasteiger partial charge >= 0.3 is 6.09 Å². The Morgan fingerprint density at radius 3 is 2.43 bits per heavy atom. The van der Waals surface area contributed by atoms with Crippen LogP contribution in [-0.4, -0.2) is 71.5 Å². The summed E-state index contributed by atoms with van der Waals surface area (Å²) in [6, 6.07) is 2.12. The molecule has 2 fully saturated rings. The Hall–Kier alpha value is -4.00. The first-order valence-corrected chi connectivity index (χ1v) is 12.2. The molecule has 37 heavy (non-hydrogen) atoms. The second kappa shape index (κ2) is 10.9. The number of hydrogen-bond acceptors (Lipinski definition) is 7. The predicted molar refractivity (Wildman–Crippen MR) is 144 cm³/mol. The first-order valence-electron chi connectivity index (χ1n) is 12.2. The summed E-state index contributed by atoms with van der Waals surface area (Å²) in [6.07, 6.45) is 7.14.